The molecule has 26 heavy (non-hydrogen) atoms. The summed E-state index contributed by atoms with van der Waals surface area (Å²) in [5, 5.41) is 0. The normalized spacial score (nSPS) is 13.7. The highest BCUT2D eigenvalue weighted by atomic mass is 32.2. The molecule has 0 bridgehead atoms. The first-order chi connectivity index (χ1) is 12.2. The van der Waals surface area contributed by atoms with Crippen molar-refractivity contribution in [3.8, 4) is 0 Å². The van der Waals surface area contributed by atoms with Gasteiger partial charge in [0.25, 0.3) is 11.8 Å². The Labute approximate surface area is 150 Å². The van der Waals surface area contributed by atoms with Crippen LogP contribution in [0.2, 0.25) is 0 Å². The van der Waals surface area contributed by atoms with Crippen LogP contribution in [0.3, 0.4) is 0 Å². The Morgan fingerprint density at radius 3 is 2.15 bits per heavy atom. The zero-order chi connectivity index (χ0) is 19.1. The summed E-state index contributed by atoms with van der Waals surface area (Å²) in [4.78, 5) is 37.6. The molecular formula is C18H15NO6S. The molecule has 8 heteroatoms. The second-order valence-electron chi connectivity index (χ2n) is 5.89. The van der Waals surface area contributed by atoms with Gasteiger partial charge in [0.1, 0.15) is 0 Å². The summed E-state index contributed by atoms with van der Waals surface area (Å²) in [5.74, 6) is -1.90. The minimum Gasteiger partial charge on any atom is -0.440 e. The van der Waals surface area contributed by atoms with Crippen molar-refractivity contribution in [1.82, 2.24) is 4.90 Å². The van der Waals surface area contributed by atoms with Crippen LogP contribution in [0, 0.1) is 6.92 Å². The van der Waals surface area contributed by atoms with Crippen LogP contribution >= 0.6 is 0 Å². The molecular weight excluding hydrogens is 358 g/mol. The molecule has 1 aliphatic heterocycles. The average molecular weight is 373 g/mol. The minimum atomic E-state index is -3.49. The van der Waals surface area contributed by atoms with Crippen molar-refractivity contribution in [2.24, 2.45) is 0 Å². The molecule has 1 aliphatic rings. The largest absolute Gasteiger partial charge is 0.440 e. The average Bonchev–Trinajstić information content (AvgIpc) is 2.83. The van der Waals surface area contributed by atoms with E-state index in [-0.39, 0.29) is 21.6 Å². The third kappa shape index (κ3) is 3.11. The van der Waals surface area contributed by atoms with E-state index in [0.29, 0.717) is 5.56 Å². The van der Waals surface area contributed by atoms with Crippen molar-refractivity contribution in [2.75, 3.05) is 13.0 Å². The molecule has 3 rings (SSSR count). The van der Waals surface area contributed by atoms with Crippen LogP contribution in [-0.2, 0) is 14.6 Å². The number of hydrogen-bond acceptors (Lipinski definition) is 6. The lowest BCUT2D eigenvalue weighted by Gasteiger charge is -2.15. The fraction of sp³-hybridized carbons (Fsp3) is 0.167. The van der Waals surface area contributed by atoms with Gasteiger partial charge in [0.2, 0.25) is 0 Å². The molecule has 0 saturated heterocycles. The molecule has 0 aliphatic carbocycles. The second-order valence-corrected chi connectivity index (χ2v) is 7.91. The summed E-state index contributed by atoms with van der Waals surface area (Å²) in [6.07, 6.45) is 1.03. The van der Waals surface area contributed by atoms with Crippen LogP contribution in [0.4, 0.5) is 0 Å². The number of carbonyl (C=O) groups excluding carboxylic acids is 3. The number of ether oxygens (including phenoxy) is 1. The van der Waals surface area contributed by atoms with Gasteiger partial charge in [0, 0.05) is 6.26 Å². The standard InChI is InChI=1S/C18H15NO6S/c1-11-7-8-12(26(2,23)24)9-15(11)18(22)25-10-19-16(20)13-5-3-4-6-14(13)17(19)21/h3-9H,10H2,1-2H3. The molecule has 0 radical (unpaired) electrons. The summed E-state index contributed by atoms with van der Waals surface area (Å²) in [6.45, 7) is 1.08. The Morgan fingerprint density at radius 2 is 1.62 bits per heavy atom. The SMILES string of the molecule is Cc1ccc(S(C)(=O)=O)cc1C(=O)OCN1C(=O)c2ccccc2C1=O. The molecule has 2 amide bonds. The maximum absolute atomic E-state index is 12.3. The van der Waals surface area contributed by atoms with E-state index in [1.165, 1.54) is 30.3 Å². The van der Waals surface area contributed by atoms with Gasteiger partial charge < -0.3 is 4.74 Å². The van der Waals surface area contributed by atoms with E-state index in [9.17, 15) is 22.8 Å². The molecule has 0 N–H and O–H groups in total. The molecule has 0 saturated carbocycles. The highest BCUT2D eigenvalue weighted by molar-refractivity contribution is 7.90. The van der Waals surface area contributed by atoms with E-state index in [4.69, 9.17) is 4.74 Å². The first-order valence-corrected chi connectivity index (χ1v) is 9.52. The predicted octanol–water partition coefficient (Wildman–Crippen LogP) is 1.81. The Balaban J connectivity index is 1.79. The second kappa shape index (κ2) is 6.38. The van der Waals surface area contributed by atoms with E-state index >= 15 is 0 Å². The fourth-order valence-corrected chi connectivity index (χ4v) is 3.26. The third-order valence-corrected chi connectivity index (χ3v) is 5.17. The highest BCUT2D eigenvalue weighted by Gasteiger charge is 2.35. The number of aryl methyl sites for hydroxylation is 1. The molecule has 134 valence electrons. The van der Waals surface area contributed by atoms with E-state index in [0.717, 1.165) is 11.2 Å². The highest BCUT2D eigenvalue weighted by Crippen LogP contribution is 2.23. The third-order valence-electron chi connectivity index (χ3n) is 4.06. The van der Waals surface area contributed by atoms with E-state index in [1.54, 1.807) is 19.1 Å². The number of amides is 2. The first kappa shape index (κ1) is 17.8. The van der Waals surface area contributed by atoms with E-state index in [2.05, 4.69) is 0 Å². The molecule has 7 nitrogen and oxygen atoms in total. The van der Waals surface area contributed by atoms with Gasteiger partial charge in [0.15, 0.2) is 16.6 Å². The van der Waals surface area contributed by atoms with E-state index < -0.39 is 34.4 Å². The number of esters is 1. The fourth-order valence-electron chi connectivity index (χ4n) is 2.61. The predicted molar refractivity (Wildman–Crippen MR) is 91.5 cm³/mol. The zero-order valence-corrected chi connectivity index (χ0v) is 14.9. The first-order valence-electron chi connectivity index (χ1n) is 7.63. The van der Waals surface area contributed by atoms with Gasteiger partial charge in [-0.1, -0.05) is 18.2 Å². The quantitative estimate of drug-likeness (QED) is 0.599. The summed E-state index contributed by atoms with van der Waals surface area (Å²) >= 11 is 0. The van der Waals surface area contributed by atoms with Crippen molar-refractivity contribution >= 4 is 27.6 Å². The molecule has 0 fully saturated rings. The summed E-state index contributed by atoms with van der Waals surface area (Å²) < 4.78 is 28.4. The maximum atomic E-state index is 12.3. The van der Waals surface area contributed by atoms with Gasteiger partial charge in [-0.25, -0.2) is 18.1 Å². The zero-order valence-electron chi connectivity index (χ0n) is 14.1. The number of benzene rings is 2. The Bertz CT molecular complexity index is 1010. The van der Waals surface area contributed by atoms with Crippen LogP contribution in [0.25, 0.3) is 0 Å². The Hall–Kier alpha value is -3.00. The van der Waals surface area contributed by atoms with Crippen LogP contribution in [0.5, 0.6) is 0 Å². The van der Waals surface area contributed by atoms with Gasteiger partial charge in [-0.05, 0) is 36.8 Å². The van der Waals surface area contributed by atoms with Crippen molar-refractivity contribution in [2.45, 2.75) is 11.8 Å². The number of nitrogens with zero attached hydrogens (tertiary/aromatic N) is 1. The Kier molecular flexibility index (Phi) is 4.37. The number of carbonyl (C=O) groups is 3. The maximum Gasteiger partial charge on any atom is 0.340 e. The van der Waals surface area contributed by atoms with Gasteiger partial charge in [-0.3, -0.25) is 9.59 Å². The van der Waals surface area contributed by atoms with Crippen molar-refractivity contribution in [3.05, 3.63) is 64.7 Å². The monoisotopic (exact) mass is 373 g/mol. The minimum absolute atomic E-state index is 0.0178. The summed E-state index contributed by atoms with van der Waals surface area (Å²) in [5.41, 5.74) is 1.09. The van der Waals surface area contributed by atoms with Crippen LogP contribution in [0.15, 0.2) is 47.4 Å². The Morgan fingerprint density at radius 1 is 1.04 bits per heavy atom. The number of fused-ring (bicyclic) bond motifs is 1. The van der Waals surface area contributed by atoms with Gasteiger partial charge in [-0.2, -0.15) is 0 Å². The van der Waals surface area contributed by atoms with Gasteiger partial charge >= 0.3 is 5.97 Å². The molecule has 1 heterocycles. The van der Waals surface area contributed by atoms with Crippen LogP contribution in [-0.4, -0.2) is 44.1 Å². The van der Waals surface area contributed by atoms with Gasteiger partial charge in [-0.15, -0.1) is 0 Å². The molecule has 0 atom stereocenters. The summed E-state index contributed by atoms with van der Waals surface area (Å²) in [7, 11) is -3.49. The van der Waals surface area contributed by atoms with Crippen molar-refractivity contribution in [1.29, 1.82) is 0 Å². The van der Waals surface area contributed by atoms with Crippen LogP contribution in [0.1, 0.15) is 36.6 Å². The number of sulfone groups is 1. The van der Waals surface area contributed by atoms with Crippen LogP contribution < -0.4 is 0 Å². The lowest BCUT2D eigenvalue weighted by atomic mass is 10.1. The van der Waals surface area contributed by atoms with Crippen molar-refractivity contribution < 1.29 is 27.5 Å². The number of hydrogen-bond donors (Lipinski definition) is 0. The molecule has 0 aromatic heterocycles. The lowest BCUT2D eigenvalue weighted by Crippen LogP contribution is -2.33. The van der Waals surface area contributed by atoms with Gasteiger partial charge in [0.05, 0.1) is 21.6 Å². The molecule has 2 aromatic carbocycles. The number of rotatable bonds is 4. The van der Waals surface area contributed by atoms with E-state index in [1.807, 2.05) is 0 Å². The lowest BCUT2D eigenvalue weighted by molar-refractivity contribution is 0.0227. The van der Waals surface area contributed by atoms with Crippen molar-refractivity contribution in [3.63, 3.8) is 0 Å². The molecule has 0 spiro atoms. The smallest absolute Gasteiger partial charge is 0.340 e. The topological polar surface area (TPSA) is 97.8 Å². The summed E-state index contributed by atoms with van der Waals surface area (Å²) in [6, 6.07) is 10.4. The number of imide groups is 1. The molecule has 0 unspecified atom stereocenters. The molecule has 2 aromatic rings.